The first-order valence-electron chi connectivity index (χ1n) is 9.16. The van der Waals surface area contributed by atoms with E-state index in [-0.39, 0.29) is 22.3 Å². The van der Waals surface area contributed by atoms with E-state index in [1.165, 1.54) is 23.5 Å². The molecule has 1 N–H and O–H groups in total. The number of hydrogen-bond donors (Lipinski definition) is 1. The van der Waals surface area contributed by atoms with Crippen LogP contribution in [0.25, 0.3) is 0 Å². The number of hydrogen-bond acceptors (Lipinski definition) is 6. The van der Waals surface area contributed by atoms with Crippen molar-refractivity contribution in [1.82, 2.24) is 9.62 Å². The minimum atomic E-state index is -4.59. The quantitative estimate of drug-likeness (QED) is 0.636. The summed E-state index contributed by atoms with van der Waals surface area (Å²) in [5.41, 5.74) is -0.178. The highest BCUT2D eigenvalue weighted by atomic mass is 32.2. The molecule has 8 nitrogen and oxygen atoms in total. The molecule has 1 aromatic carbocycles. The van der Waals surface area contributed by atoms with Crippen molar-refractivity contribution < 1.29 is 40.7 Å². The Morgan fingerprint density at radius 1 is 1.27 bits per heavy atom. The summed E-state index contributed by atoms with van der Waals surface area (Å²) in [6.45, 7) is -0.365. The first-order chi connectivity index (χ1) is 14.0. The first-order valence-corrected chi connectivity index (χ1v) is 10.6. The van der Waals surface area contributed by atoms with E-state index in [1.54, 1.807) is 12.2 Å². The molecule has 0 bridgehead atoms. The van der Waals surface area contributed by atoms with E-state index in [9.17, 15) is 31.2 Å². The number of piperidine rings is 1. The Balaban J connectivity index is 2.17. The number of methoxy groups -OCH3 is 1. The molecule has 1 heterocycles. The molecule has 1 aromatic rings. The van der Waals surface area contributed by atoms with Gasteiger partial charge in [0.1, 0.15) is 17.2 Å². The van der Waals surface area contributed by atoms with Gasteiger partial charge in [0.05, 0.1) is 12.7 Å². The maximum absolute atomic E-state index is 13.1. The Kier molecular flexibility index (Phi) is 7.70. The van der Waals surface area contributed by atoms with Gasteiger partial charge < -0.3 is 14.8 Å². The lowest BCUT2D eigenvalue weighted by Crippen LogP contribution is -2.42. The van der Waals surface area contributed by atoms with Crippen LogP contribution in [0.5, 0.6) is 5.75 Å². The van der Waals surface area contributed by atoms with Gasteiger partial charge in [0.15, 0.2) is 6.61 Å². The van der Waals surface area contributed by atoms with Crippen molar-refractivity contribution in [1.29, 1.82) is 0 Å². The third-order valence-corrected chi connectivity index (χ3v) is 6.58. The predicted octanol–water partition coefficient (Wildman–Crippen LogP) is 2.09. The molecule has 1 aliphatic heterocycles. The molecule has 1 aliphatic rings. The number of benzene rings is 1. The molecule has 12 heteroatoms. The van der Waals surface area contributed by atoms with Crippen molar-refractivity contribution in [2.24, 2.45) is 0 Å². The number of esters is 1. The lowest BCUT2D eigenvalue weighted by molar-refractivity contribution is -0.140. The number of rotatable bonds is 7. The smallest absolute Gasteiger partial charge is 0.405 e. The largest absolute Gasteiger partial charge is 0.495 e. The number of carbonyl (C=O) groups excluding carboxylic acids is 2. The van der Waals surface area contributed by atoms with Crippen LogP contribution in [0.4, 0.5) is 13.2 Å². The lowest BCUT2D eigenvalue weighted by atomic mass is 10.1. The van der Waals surface area contributed by atoms with Gasteiger partial charge in [-0.3, -0.25) is 4.79 Å². The zero-order valence-corrected chi connectivity index (χ0v) is 17.3. The minimum absolute atomic E-state index is 0.0345. The summed E-state index contributed by atoms with van der Waals surface area (Å²) < 4.78 is 73.7. The fraction of sp³-hybridized carbons (Fsp3) is 0.556. The monoisotopic (exact) mass is 452 g/mol. The summed E-state index contributed by atoms with van der Waals surface area (Å²) in [7, 11) is -2.68. The van der Waals surface area contributed by atoms with Crippen LogP contribution in [0.1, 0.15) is 36.5 Å². The van der Waals surface area contributed by atoms with Crippen LogP contribution in [0.2, 0.25) is 0 Å². The van der Waals surface area contributed by atoms with Gasteiger partial charge >= 0.3 is 12.1 Å². The molecule has 1 atom stereocenters. The topological polar surface area (TPSA) is 102 Å². The van der Waals surface area contributed by atoms with E-state index in [0.717, 1.165) is 12.5 Å². The number of nitrogens with zero attached hydrogens (tertiary/aromatic N) is 1. The number of halogens is 3. The predicted molar refractivity (Wildman–Crippen MR) is 99.5 cm³/mol. The highest BCUT2D eigenvalue weighted by molar-refractivity contribution is 7.89. The summed E-state index contributed by atoms with van der Waals surface area (Å²) in [6.07, 6.45) is -2.27. The molecule has 0 aliphatic carbocycles. The Labute approximate surface area is 172 Å². The van der Waals surface area contributed by atoms with Gasteiger partial charge in [0, 0.05) is 12.6 Å². The third-order valence-electron chi connectivity index (χ3n) is 4.55. The first kappa shape index (κ1) is 23.9. The van der Waals surface area contributed by atoms with Crippen molar-refractivity contribution >= 4 is 21.9 Å². The Morgan fingerprint density at radius 2 is 1.97 bits per heavy atom. The number of ether oxygens (including phenoxy) is 2. The summed E-state index contributed by atoms with van der Waals surface area (Å²) in [5.74, 6) is -2.15. The molecular formula is C18H23F3N2O6S. The maximum atomic E-state index is 13.1. The number of sulfonamides is 1. The number of carbonyl (C=O) groups is 2. The SMILES string of the molecule is COc1ccc(C(=O)OCC(=O)NCC(F)(F)F)cc1S(=O)(=O)N1CCCCC1C. The molecule has 0 radical (unpaired) electrons. The number of alkyl halides is 3. The van der Waals surface area contributed by atoms with E-state index in [0.29, 0.717) is 19.4 Å². The fourth-order valence-corrected chi connectivity index (χ4v) is 4.91. The zero-order valence-electron chi connectivity index (χ0n) is 16.5. The van der Waals surface area contributed by atoms with Crippen LogP contribution >= 0.6 is 0 Å². The fourth-order valence-electron chi connectivity index (χ4n) is 3.02. The van der Waals surface area contributed by atoms with Gasteiger partial charge in [-0.25, -0.2) is 13.2 Å². The zero-order chi connectivity index (χ0) is 22.5. The van der Waals surface area contributed by atoms with E-state index >= 15 is 0 Å². The summed E-state index contributed by atoms with van der Waals surface area (Å²) in [5, 5.41) is 1.57. The Hall–Kier alpha value is -2.34. The summed E-state index contributed by atoms with van der Waals surface area (Å²) >= 11 is 0. The Bertz CT molecular complexity index is 888. The average Bonchev–Trinajstić information content (AvgIpc) is 2.69. The van der Waals surface area contributed by atoms with Crippen LogP contribution in [0.3, 0.4) is 0 Å². The van der Waals surface area contributed by atoms with Crippen LogP contribution in [0.15, 0.2) is 23.1 Å². The van der Waals surface area contributed by atoms with Gasteiger partial charge in [-0.2, -0.15) is 17.5 Å². The third kappa shape index (κ3) is 6.08. The molecule has 168 valence electrons. The minimum Gasteiger partial charge on any atom is -0.495 e. The van der Waals surface area contributed by atoms with Gasteiger partial charge in [-0.15, -0.1) is 0 Å². The molecule has 0 saturated carbocycles. The molecule has 0 aromatic heterocycles. The second-order valence-electron chi connectivity index (χ2n) is 6.79. The summed E-state index contributed by atoms with van der Waals surface area (Å²) in [4.78, 5) is 23.4. The van der Waals surface area contributed by atoms with E-state index in [4.69, 9.17) is 9.47 Å². The van der Waals surface area contributed by atoms with E-state index in [1.807, 2.05) is 0 Å². The van der Waals surface area contributed by atoms with Crippen LogP contribution in [-0.4, -0.2) is 63.6 Å². The van der Waals surface area contributed by atoms with Gasteiger partial charge in [-0.1, -0.05) is 6.42 Å². The number of amides is 1. The maximum Gasteiger partial charge on any atom is 0.405 e. The average molecular weight is 452 g/mol. The summed E-state index contributed by atoms with van der Waals surface area (Å²) in [6, 6.07) is 3.38. The van der Waals surface area contributed by atoms with Crippen molar-refractivity contribution in [3.05, 3.63) is 23.8 Å². The molecule has 1 unspecified atom stereocenters. The highest BCUT2D eigenvalue weighted by Gasteiger charge is 2.34. The highest BCUT2D eigenvalue weighted by Crippen LogP contribution is 2.31. The molecule has 1 amide bonds. The number of nitrogens with one attached hydrogen (secondary N) is 1. The van der Waals surface area contributed by atoms with E-state index in [2.05, 4.69) is 0 Å². The Morgan fingerprint density at radius 3 is 2.57 bits per heavy atom. The molecular weight excluding hydrogens is 429 g/mol. The lowest BCUT2D eigenvalue weighted by Gasteiger charge is -2.32. The molecule has 1 fully saturated rings. The molecule has 0 spiro atoms. The van der Waals surface area contributed by atoms with Crippen molar-refractivity contribution in [3.8, 4) is 5.75 Å². The standard InChI is InChI=1S/C18H23F3N2O6S/c1-12-5-3-4-8-23(12)30(26,27)15-9-13(6-7-14(15)28-2)17(25)29-10-16(24)22-11-18(19,20)21/h6-7,9,12H,3-5,8,10-11H2,1-2H3,(H,22,24). The van der Waals surface area contributed by atoms with Crippen LogP contribution in [-0.2, 0) is 19.6 Å². The van der Waals surface area contributed by atoms with Crippen LogP contribution < -0.4 is 10.1 Å². The van der Waals surface area contributed by atoms with Crippen LogP contribution in [0, 0.1) is 0 Å². The van der Waals surface area contributed by atoms with Crippen molar-refractivity contribution in [2.75, 3.05) is 26.8 Å². The second kappa shape index (κ2) is 9.65. The molecule has 30 heavy (non-hydrogen) atoms. The normalized spacial score (nSPS) is 18.0. The van der Waals surface area contributed by atoms with Crippen molar-refractivity contribution in [3.63, 3.8) is 0 Å². The second-order valence-corrected chi connectivity index (χ2v) is 8.65. The van der Waals surface area contributed by atoms with Crippen molar-refractivity contribution in [2.45, 2.75) is 43.3 Å². The van der Waals surface area contributed by atoms with Gasteiger partial charge in [0.25, 0.3) is 5.91 Å². The molecule has 2 rings (SSSR count). The molecule has 1 saturated heterocycles. The van der Waals surface area contributed by atoms with E-state index < -0.39 is 41.2 Å². The van der Waals surface area contributed by atoms with Gasteiger partial charge in [-0.05, 0) is 38.0 Å². The van der Waals surface area contributed by atoms with Gasteiger partial charge in [0.2, 0.25) is 10.0 Å².